The Labute approximate surface area is 124 Å². The number of amides is 1. The van der Waals surface area contributed by atoms with Gasteiger partial charge in [-0.1, -0.05) is 6.07 Å². The van der Waals surface area contributed by atoms with E-state index in [4.69, 9.17) is 5.11 Å². The summed E-state index contributed by atoms with van der Waals surface area (Å²) in [5.74, 6) is 0. The number of pyridine rings is 1. The monoisotopic (exact) mass is 290 g/mol. The van der Waals surface area contributed by atoms with Crippen LogP contribution in [0.3, 0.4) is 0 Å². The first-order chi connectivity index (χ1) is 10.0. The minimum absolute atomic E-state index is 0.223. The summed E-state index contributed by atoms with van der Waals surface area (Å²) < 4.78 is 0. The van der Waals surface area contributed by atoms with E-state index in [9.17, 15) is 9.90 Å². The average Bonchev–Trinajstić information content (AvgIpc) is 2.52. The van der Waals surface area contributed by atoms with Gasteiger partial charge in [0.05, 0.1) is 5.60 Å². The molecule has 0 bridgehead atoms. The molecule has 5 nitrogen and oxygen atoms in total. The van der Waals surface area contributed by atoms with Crippen molar-refractivity contribution in [3.8, 4) is 0 Å². The van der Waals surface area contributed by atoms with Crippen LogP contribution in [-0.4, -0.2) is 39.3 Å². The van der Waals surface area contributed by atoms with Crippen LogP contribution in [0.15, 0.2) is 24.5 Å². The molecule has 0 unspecified atom stereocenters. The zero-order valence-electron chi connectivity index (χ0n) is 12.2. The molecule has 0 aromatic carbocycles. The second-order valence-electron chi connectivity index (χ2n) is 6.54. The molecule has 1 aromatic heterocycles. The molecule has 114 valence electrons. The maximum atomic E-state index is 11.0. The summed E-state index contributed by atoms with van der Waals surface area (Å²) >= 11 is 0. The highest BCUT2D eigenvalue weighted by Gasteiger charge is 2.44. The second-order valence-corrected chi connectivity index (χ2v) is 6.54. The van der Waals surface area contributed by atoms with Crippen LogP contribution in [0.4, 0.5) is 4.79 Å². The minimum Gasteiger partial charge on any atom is -0.465 e. The fourth-order valence-corrected chi connectivity index (χ4v) is 3.79. The summed E-state index contributed by atoms with van der Waals surface area (Å²) in [6.07, 6.45) is 7.91. The van der Waals surface area contributed by atoms with Crippen molar-refractivity contribution < 1.29 is 15.0 Å². The van der Waals surface area contributed by atoms with Gasteiger partial charge in [-0.25, -0.2) is 4.79 Å². The quantitative estimate of drug-likeness (QED) is 0.833. The minimum atomic E-state index is -0.812. The Bertz CT molecular complexity index is 500. The molecule has 3 rings (SSSR count). The predicted octanol–water partition coefficient (Wildman–Crippen LogP) is 2.60. The lowest BCUT2D eigenvalue weighted by Gasteiger charge is -2.48. The summed E-state index contributed by atoms with van der Waals surface area (Å²) in [5, 5.41) is 19.9. The van der Waals surface area contributed by atoms with E-state index in [1.165, 1.54) is 4.90 Å². The number of piperidine rings is 1. The first-order valence-corrected chi connectivity index (χ1v) is 7.64. The number of carboxylic acid groups (broad SMARTS) is 1. The summed E-state index contributed by atoms with van der Waals surface area (Å²) in [6, 6.07) is 3.81. The lowest BCUT2D eigenvalue weighted by Crippen LogP contribution is -2.46. The molecule has 2 aliphatic rings. The van der Waals surface area contributed by atoms with Crippen molar-refractivity contribution in [3.63, 3.8) is 0 Å². The first-order valence-electron chi connectivity index (χ1n) is 7.64. The molecule has 1 saturated carbocycles. The van der Waals surface area contributed by atoms with E-state index in [0.717, 1.165) is 44.1 Å². The van der Waals surface area contributed by atoms with E-state index in [-0.39, 0.29) is 5.41 Å². The molecule has 2 fully saturated rings. The SMILES string of the molecule is O=C(O)N1CCC2(CC1)CCC(O)(c1cccnc1)CC2. The molecular formula is C16H22N2O3. The van der Waals surface area contributed by atoms with Gasteiger partial charge in [0.1, 0.15) is 0 Å². The Morgan fingerprint density at radius 2 is 1.81 bits per heavy atom. The number of aromatic nitrogens is 1. The zero-order chi connectivity index (χ0) is 14.9. The smallest absolute Gasteiger partial charge is 0.407 e. The highest BCUT2D eigenvalue weighted by molar-refractivity contribution is 5.65. The van der Waals surface area contributed by atoms with Crippen molar-refractivity contribution in [1.82, 2.24) is 9.88 Å². The van der Waals surface area contributed by atoms with Crippen molar-refractivity contribution in [2.75, 3.05) is 13.1 Å². The van der Waals surface area contributed by atoms with Gasteiger partial charge in [-0.15, -0.1) is 0 Å². The molecule has 21 heavy (non-hydrogen) atoms. The maximum absolute atomic E-state index is 11.0. The van der Waals surface area contributed by atoms with Crippen LogP contribution in [0.25, 0.3) is 0 Å². The third-order valence-electron chi connectivity index (χ3n) is 5.43. The molecule has 2 N–H and O–H groups in total. The van der Waals surface area contributed by atoms with E-state index in [1.807, 2.05) is 12.1 Å². The van der Waals surface area contributed by atoms with Crippen LogP contribution in [-0.2, 0) is 5.60 Å². The van der Waals surface area contributed by atoms with Gasteiger partial charge in [-0.3, -0.25) is 4.98 Å². The summed E-state index contributed by atoms with van der Waals surface area (Å²) in [7, 11) is 0. The van der Waals surface area contributed by atoms with Gasteiger partial charge in [-0.05, 0) is 50.0 Å². The third-order valence-corrected chi connectivity index (χ3v) is 5.43. The van der Waals surface area contributed by atoms with Crippen LogP contribution in [0.1, 0.15) is 44.1 Å². The number of rotatable bonds is 1. The number of hydrogen-bond acceptors (Lipinski definition) is 3. The molecule has 1 aliphatic heterocycles. The number of carbonyl (C=O) groups is 1. The van der Waals surface area contributed by atoms with Crippen LogP contribution >= 0.6 is 0 Å². The Hall–Kier alpha value is -1.62. The molecule has 1 saturated heterocycles. The number of aliphatic hydroxyl groups is 1. The Kier molecular flexibility index (Phi) is 3.61. The Balaban J connectivity index is 1.64. The highest BCUT2D eigenvalue weighted by atomic mass is 16.4. The van der Waals surface area contributed by atoms with Gasteiger partial charge in [0.15, 0.2) is 0 Å². The third kappa shape index (κ3) is 2.75. The van der Waals surface area contributed by atoms with E-state index in [2.05, 4.69) is 4.98 Å². The van der Waals surface area contributed by atoms with Crippen molar-refractivity contribution in [1.29, 1.82) is 0 Å². The van der Waals surface area contributed by atoms with Crippen molar-refractivity contribution in [2.24, 2.45) is 5.41 Å². The van der Waals surface area contributed by atoms with Crippen LogP contribution < -0.4 is 0 Å². The van der Waals surface area contributed by atoms with Gasteiger partial charge >= 0.3 is 6.09 Å². The van der Waals surface area contributed by atoms with Gasteiger partial charge in [0.2, 0.25) is 0 Å². The summed E-state index contributed by atoms with van der Waals surface area (Å²) in [6.45, 7) is 1.25. The van der Waals surface area contributed by atoms with Gasteiger partial charge < -0.3 is 15.1 Å². The maximum Gasteiger partial charge on any atom is 0.407 e. The fraction of sp³-hybridized carbons (Fsp3) is 0.625. The van der Waals surface area contributed by atoms with E-state index in [0.29, 0.717) is 13.1 Å². The average molecular weight is 290 g/mol. The zero-order valence-corrected chi connectivity index (χ0v) is 12.2. The van der Waals surface area contributed by atoms with Crippen LogP contribution in [0, 0.1) is 5.41 Å². The lowest BCUT2D eigenvalue weighted by atomic mass is 9.63. The Morgan fingerprint density at radius 3 is 2.33 bits per heavy atom. The van der Waals surface area contributed by atoms with Crippen molar-refractivity contribution >= 4 is 6.09 Å². The normalized spacial score (nSPS) is 24.0. The Morgan fingerprint density at radius 1 is 1.14 bits per heavy atom. The lowest BCUT2D eigenvalue weighted by molar-refractivity contribution is -0.0548. The van der Waals surface area contributed by atoms with Gasteiger partial charge in [0, 0.05) is 31.0 Å². The predicted molar refractivity (Wildman–Crippen MR) is 77.9 cm³/mol. The fourth-order valence-electron chi connectivity index (χ4n) is 3.79. The summed E-state index contributed by atoms with van der Waals surface area (Å²) in [5.41, 5.74) is 0.368. The molecule has 5 heteroatoms. The molecular weight excluding hydrogens is 268 g/mol. The molecule has 0 atom stereocenters. The molecule has 1 aromatic rings. The first kappa shape index (κ1) is 14.3. The van der Waals surface area contributed by atoms with Gasteiger partial charge in [0.25, 0.3) is 0 Å². The van der Waals surface area contributed by atoms with Crippen LogP contribution in [0.5, 0.6) is 0 Å². The molecule has 0 radical (unpaired) electrons. The van der Waals surface area contributed by atoms with E-state index in [1.54, 1.807) is 12.4 Å². The number of likely N-dealkylation sites (tertiary alicyclic amines) is 1. The molecule has 2 heterocycles. The van der Waals surface area contributed by atoms with Crippen molar-refractivity contribution in [3.05, 3.63) is 30.1 Å². The van der Waals surface area contributed by atoms with E-state index >= 15 is 0 Å². The molecule has 1 spiro atoms. The van der Waals surface area contributed by atoms with E-state index < -0.39 is 11.7 Å². The van der Waals surface area contributed by atoms with Crippen molar-refractivity contribution in [2.45, 2.75) is 44.1 Å². The largest absolute Gasteiger partial charge is 0.465 e. The molecule has 1 amide bonds. The van der Waals surface area contributed by atoms with Gasteiger partial charge in [-0.2, -0.15) is 0 Å². The topological polar surface area (TPSA) is 73.7 Å². The van der Waals surface area contributed by atoms with Crippen LogP contribution in [0.2, 0.25) is 0 Å². The standard InChI is InChI=1S/C16H22N2O3/c19-14(20)18-10-7-15(8-11-18)3-5-16(21,6-4-15)13-2-1-9-17-12-13/h1-2,9,12,21H,3-8,10-11H2,(H,19,20). The number of hydrogen-bond donors (Lipinski definition) is 2. The summed E-state index contributed by atoms with van der Waals surface area (Å²) in [4.78, 5) is 16.6. The molecule has 1 aliphatic carbocycles. The number of nitrogens with zero attached hydrogens (tertiary/aromatic N) is 2. The highest BCUT2D eigenvalue weighted by Crippen LogP contribution is 2.50. The second kappa shape index (κ2) is 5.30.